The highest BCUT2D eigenvalue weighted by molar-refractivity contribution is 6.17. The van der Waals surface area contributed by atoms with E-state index in [0.717, 1.165) is 29.4 Å². The summed E-state index contributed by atoms with van der Waals surface area (Å²) < 4.78 is 0. The third kappa shape index (κ3) is 3.17. The van der Waals surface area contributed by atoms with Crippen molar-refractivity contribution >= 4 is 17.5 Å². The molecular formula is C17H22ClNO. The molecule has 0 aromatic heterocycles. The molecule has 3 rings (SSSR count). The van der Waals surface area contributed by atoms with Crippen molar-refractivity contribution in [1.29, 1.82) is 0 Å². The topological polar surface area (TPSA) is 29.1 Å². The van der Waals surface area contributed by atoms with Gasteiger partial charge in [-0.3, -0.25) is 4.79 Å². The minimum Gasteiger partial charge on any atom is -0.352 e. The van der Waals surface area contributed by atoms with Crippen LogP contribution in [0.15, 0.2) is 24.3 Å². The molecule has 1 aromatic carbocycles. The molecule has 3 heteroatoms. The Labute approximate surface area is 125 Å². The first-order valence-electron chi connectivity index (χ1n) is 7.65. The van der Waals surface area contributed by atoms with Gasteiger partial charge in [0, 0.05) is 18.8 Å². The van der Waals surface area contributed by atoms with Gasteiger partial charge in [0.15, 0.2) is 0 Å². The standard InChI is InChI=1S/C17H22ClNO/c18-10-13-2-1-3-14(6-13)11-19-17(20)9-16-8-12-4-5-15(16)7-12/h1-3,6,12,15-16H,4-5,7-11H2,(H,19,20). The third-order valence-corrected chi connectivity index (χ3v) is 5.28. The van der Waals surface area contributed by atoms with Crippen LogP contribution >= 0.6 is 11.6 Å². The van der Waals surface area contributed by atoms with Gasteiger partial charge in [-0.2, -0.15) is 0 Å². The van der Waals surface area contributed by atoms with Gasteiger partial charge in [0.2, 0.25) is 5.91 Å². The SMILES string of the molecule is O=C(CC1CC2CCC1C2)NCc1cccc(CCl)c1. The molecule has 2 nitrogen and oxygen atoms in total. The van der Waals surface area contributed by atoms with Gasteiger partial charge in [0.05, 0.1) is 0 Å². The molecule has 2 bridgehead atoms. The molecule has 0 spiro atoms. The van der Waals surface area contributed by atoms with Crippen LogP contribution in [0.1, 0.15) is 43.2 Å². The average molecular weight is 292 g/mol. The molecule has 2 saturated carbocycles. The second kappa shape index (κ2) is 6.17. The number of carbonyl (C=O) groups is 1. The molecule has 3 unspecified atom stereocenters. The molecule has 2 aliphatic carbocycles. The first kappa shape index (κ1) is 13.9. The van der Waals surface area contributed by atoms with Gasteiger partial charge in [-0.15, -0.1) is 11.6 Å². The number of hydrogen-bond donors (Lipinski definition) is 1. The maximum atomic E-state index is 12.1. The number of halogens is 1. The zero-order valence-corrected chi connectivity index (χ0v) is 12.5. The van der Waals surface area contributed by atoms with E-state index < -0.39 is 0 Å². The van der Waals surface area contributed by atoms with Crippen molar-refractivity contribution in [2.75, 3.05) is 0 Å². The summed E-state index contributed by atoms with van der Waals surface area (Å²) in [5, 5.41) is 3.05. The second-order valence-electron chi connectivity index (χ2n) is 6.37. The Kier molecular flexibility index (Phi) is 4.30. The van der Waals surface area contributed by atoms with Crippen LogP contribution in [0.25, 0.3) is 0 Å². The molecule has 1 N–H and O–H groups in total. The van der Waals surface area contributed by atoms with E-state index in [2.05, 4.69) is 11.4 Å². The quantitative estimate of drug-likeness (QED) is 0.820. The molecule has 108 valence electrons. The maximum Gasteiger partial charge on any atom is 0.220 e. The Hall–Kier alpha value is -1.02. The number of carbonyl (C=O) groups excluding carboxylic acids is 1. The van der Waals surface area contributed by atoms with Crippen LogP contribution in [0.4, 0.5) is 0 Å². The van der Waals surface area contributed by atoms with Gasteiger partial charge in [-0.25, -0.2) is 0 Å². The highest BCUT2D eigenvalue weighted by Crippen LogP contribution is 2.49. The van der Waals surface area contributed by atoms with E-state index in [1.807, 2.05) is 18.2 Å². The number of fused-ring (bicyclic) bond motifs is 2. The Bertz CT molecular complexity index is 488. The van der Waals surface area contributed by atoms with E-state index in [-0.39, 0.29) is 5.91 Å². The zero-order valence-electron chi connectivity index (χ0n) is 11.8. The lowest BCUT2D eigenvalue weighted by molar-refractivity contribution is -0.122. The van der Waals surface area contributed by atoms with Crippen LogP contribution in [-0.4, -0.2) is 5.91 Å². The number of alkyl halides is 1. The second-order valence-corrected chi connectivity index (χ2v) is 6.64. The predicted molar refractivity (Wildman–Crippen MR) is 81.4 cm³/mol. The molecule has 3 atom stereocenters. The highest BCUT2D eigenvalue weighted by Gasteiger charge is 2.39. The molecule has 1 amide bonds. The van der Waals surface area contributed by atoms with Crippen molar-refractivity contribution in [1.82, 2.24) is 5.32 Å². The van der Waals surface area contributed by atoms with Gasteiger partial charge >= 0.3 is 0 Å². The van der Waals surface area contributed by atoms with Crippen LogP contribution in [0.3, 0.4) is 0 Å². The van der Waals surface area contributed by atoms with E-state index in [9.17, 15) is 4.79 Å². The van der Waals surface area contributed by atoms with Crippen molar-refractivity contribution in [2.45, 2.75) is 44.5 Å². The maximum absolute atomic E-state index is 12.1. The molecule has 2 fully saturated rings. The first-order chi connectivity index (χ1) is 9.74. The summed E-state index contributed by atoms with van der Waals surface area (Å²) in [5.74, 6) is 3.11. The largest absolute Gasteiger partial charge is 0.352 e. The van der Waals surface area contributed by atoms with E-state index in [1.54, 1.807) is 0 Å². The summed E-state index contributed by atoms with van der Waals surface area (Å²) in [7, 11) is 0. The number of rotatable bonds is 5. The van der Waals surface area contributed by atoms with E-state index in [4.69, 9.17) is 11.6 Å². The predicted octanol–water partition coefficient (Wildman–Crippen LogP) is 3.87. The van der Waals surface area contributed by atoms with Crippen molar-refractivity contribution in [3.63, 3.8) is 0 Å². The monoisotopic (exact) mass is 291 g/mol. The molecule has 0 radical (unpaired) electrons. The van der Waals surface area contributed by atoms with E-state index >= 15 is 0 Å². The van der Waals surface area contributed by atoms with Gasteiger partial charge < -0.3 is 5.32 Å². The van der Waals surface area contributed by atoms with Crippen molar-refractivity contribution in [3.8, 4) is 0 Å². The fourth-order valence-corrected chi connectivity index (χ4v) is 4.13. The lowest BCUT2D eigenvalue weighted by Gasteiger charge is -2.20. The van der Waals surface area contributed by atoms with Crippen molar-refractivity contribution < 1.29 is 4.79 Å². The van der Waals surface area contributed by atoms with Crippen molar-refractivity contribution in [2.24, 2.45) is 17.8 Å². The zero-order chi connectivity index (χ0) is 13.9. The van der Waals surface area contributed by atoms with Gasteiger partial charge in [0.1, 0.15) is 0 Å². The number of amides is 1. The molecule has 0 aliphatic heterocycles. The van der Waals surface area contributed by atoms with Gasteiger partial charge in [-0.05, 0) is 48.1 Å². The van der Waals surface area contributed by atoms with E-state index in [0.29, 0.717) is 18.3 Å². The summed E-state index contributed by atoms with van der Waals surface area (Å²) in [5.41, 5.74) is 2.23. The lowest BCUT2D eigenvalue weighted by Crippen LogP contribution is -2.26. The summed E-state index contributed by atoms with van der Waals surface area (Å²) in [4.78, 5) is 12.1. The number of nitrogens with one attached hydrogen (secondary N) is 1. The third-order valence-electron chi connectivity index (χ3n) is 4.97. The molecule has 1 aromatic rings. The Balaban J connectivity index is 1.47. The van der Waals surface area contributed by atoms with Crippen molar-refractivity contribution in [3.05, 3.63) is 35.4 Å². The number of hydrogen-bond acceptors (Lipinski definition) is 1. The van der Waals surface area contributed by atoms with Crippen LogP contribution in [0.5, 0.6) is 0 Å². The van der Waals surface area contributed by atoms with Crippen LogP contribution < -0.4 is 5.32 Å². The lowest BCUT2D eigenvalue weighted by atomic mass is 9.86. The summed E-state index contributed by atoms with van der Waals surface area (Å²) in [6.45, 7) is 0.615. The van der Waals surface area contributed by atoms with Crippen LogP contribution in [-0.2, 0) is 17.2 Å². The van der Waals surface area contributed by atoms with E-state index in [1.165, 1.54) is 25.7 Å². The molecule has 2 aliphatic rings. The minimum atomic E-state index is 0.207. The fraction of sp³-hybridized carbons (Fsp3) is 0.588. The summed E-state index contributed by atoms with van der Waals surface area (Å²) in [6, 6.07) is 8.10. The number of benzene rings is 1. The highest BCUT2D eigenvalue weighted by atomic mass is 35.5. The summed E-state index contributed by atoms with van der Waals surface area (Å²) in [6.07, 6.45) is 6.11. The van der Waals surface area contributed by atoms with Crippen LogP contribution in [0.2, 0.25) is 0 Å². The van der Waals surface area contributed by atoms with Crippen LogP contribution in [0, 0.1) is 17.8 Å². The first-order valence-corrected chi connectivity index (χ1v) is 8.18. The molecule has 0 saturated heterocycles. The summed E-state index contributed by atoms with van der Waals surface area (Å²) >= 11 is 5.82. The Morgan fingerprint density at radius 2 is 2.10 bits per heavy atom. The smallest absolute Gasteiger partial charge is 0.220 e. The average Bonchev–Trinajstić information content (AvgIpc) is 3.08. The minimum absolute atomic E-state index is 0.207. The fourth-order valence-electron chi connectivity index (χ4n) is 3.96. The Morgan fingerprint density at radius 3 is 2.80 bits per heavy atom. The molecule has 20 heavy (non-hydrogen) atoms. The molecular weight excluding hydrogens is 270 g/mol. The van der Waals surface area contributed by atoms with Gasteiger partial charge in [-0.1, -0.05) is 30.7 Å². The van der Waals surface area contributed by atoms with Gasteiger partial charge in [0.25, 0.3) is 0 Å². The Morgan fingerprint density at radius 1 is 1.25 bits per heavy atom. The molecule has 0 heterocycles. The normalized spacial score (nSPS) is 27.8.